The first-order valence-corrected chi connectivity index (χ1v) is 14.1. The Bertz CT molecular complexity index is 1080. The number of benzene rings is 2. The minimum absolute atomic E-state index is 0.0364. The van der Waals surface area contributed by atoms with Crippen LogP contribution in [0.4, 0.5) is 0 Å². The number of carbonyl (C=O) groups is 1. The van der Waals surface area contributed by atoms with Crippen LogP contribution in [0.5, 0.6) is 11.5 Å². The minimum Gasteiger partial charge on any atom is -0.507 e. The Kier molecular flexibility index (Phi) is 9.59. The Morgan fingerprint density at radius 1 is 1.23 bits per heavy atom. The van der Waals surface area contributed by atoms with Gasteiger partial charge < -0.3 is 14.4 Å². The Labute approximate surface area is 209 Å². The van der Waals surface area contributed by atoms with Gasteiger partial charge in [0.25, 0.3) is 0 Å². The SMILES string of the molecule is CCCCCc1cc(O)c(C2C=C(C)CCC2)c(OP(=O)(N[C@@H](C)C(=O)OC)c2ccccc2)c1. The van der Waals surface area contributed by atoms with E-state index in [0.717, 1.165) is 50.5 Å². The van der Waals surface area contributed by atoms with Crippen LogP contribution in [0.2, 0.25) is 0 Å². The van der Waals surface area contributed by atoms with Crippen LogP contribution in [0.25, 0.3) is 0 Å². The first kappa shape index (κ1) is 27.0. The Balaban J connectivity index is 2.09. The van der Waals surface area contributed by atoms with Crippen molar-refractivity contribution in [3.05, 3.63) is 65.2 Å². The van der Waals surface area contributed by atoms with E-state index in [4.69, 9.17) is 9.26 Å². The zero-order valence-electron chi connectivity index (χ0n) is 21.3. The number of hydrogen-bond acceptors (Lipinski definition) is 5. The molecule has 2 aromatic rings. The van der Waals surface area contributed by atoms with E-state index in [1.54, 1.807) is 31.2 Å². The second-order valence-corrected chi connectivity index (χ2v) is 11.4. The van der Waals surface area contributed by atoms with E-state index < -0.39 is 19.5 Å². The van der Waals surface area contributed by atoms with Crippen molar-refractivity contribution < 1.29 is 23.7 Å². The predicted molar refractivity (Wildman–Crippen MR) is 141 cm³/mol. The van der Waals surface area contributed by atoms with Crippen LogP contribution in [0, 0.1) is 0 Å². The summed E-state index contributed by atoms with van der Waals surface area (Å²) in [6, 6.07) is 11.7. The molecule has 0 radical (unpaired) electrons. The van der Waals surface area contributed by atoms with Gasteiger partial charge in [-0.25, -0.2) is 5.09 Å². The van der Waals surface area contributed by atoms with E-state index >= 15 is 0 Å². The fourth-order valence-corrected chi connectivity index (χ4v) is 6.49. The van der Waals surface area contributed by atoms with Crippen molar-refractivity contribution in [1.29, 1.82) is 0 Å². The zero-order chi connectivity index (χ0) is 25.4. The van der Waals surface area contributed by atoms with Gasteiger partial charge in [0.05, 0.1) is 12.4 Å². The number of rotatable bonds is 11. The molecule has 0 bridgehead atoms. The summed E-state index contributed by atoms with van der Waals surface area (Å²) >= 11 is 0. The van der Waals surface area contributed by atoms with Gasteiger partial charge in [0.1, 0.15) is 17.5 Å². The molecule has 1 aliphatic carbocycles. The third-order valence-electron chi connectivity index (χ3n) is 6.43. The summed E-state index contributed by atoms with van der Waals surface area (Å²) in [5.41, 5.74) is 2.85. The summed E-state index contributed by atoms with van der Waals surface area (Å²) < 4.78 is 25.5. The fraction of sp³-hybridized carbons (Fsp3) is 0.464. The van der Waals surface area contributed by atoms with Crippen LogP contribution < -0.4 is 14.9 Å². The predicted octanol–water partition coefficient (Wildman–Crippen LogP) is 6.39. The topological polar surface area (TPSA) is 84.9 Å². The molecule has 2 unspecified atom stereocenters. The molecule has 3 rings (SSSR count). The summed E-state index contributed by atoms with van der Waals surface area (Å²) in [7, 11) is -2.47. The number of ether oxygens (including phenoxy) is 1. The molecule has 0 heterocycles. The first-order chi connectivity index (χ1) is 16.8. The number of unbranched alkanes of at least 4 members (excludes halogenated alkanes) is 2. The molecule has 3 atom stereocenters. The second kappa shape index (κ2) is 12.4. The van der Waals surface area contributed by atoms with E-state index in [9.17, 15) is 14.5 Å². The average molecular weight is 500 g/mol. The number of nitrogens with one attached hydrogen (secondary N) is 1. The lowest BCUT2D eigenvalue weighted by Crippen LogP contribution is -2.37. The van der Waals surface area contributed by atoms with Crippen molar-refractivity contribution in [2.75, 3.05) is 7.11 Å². The third kappa shape index (κ3) is 6.99. The maximum absolute atomic E-state index is 14.4. The number of hydrogen-bond donors (Lipinski definition) is 2. The molecule has 0 saturated carbocycles. The molecule has 0 aliphatic heterocycles. The molecule has 0 saturated heterocycles. The molecule has 0 aromatic heterocycles. The first-order valence-electron chi connectivity index (χ1n) is 12.5. The highest BCUT2D eigenvalue weighted by Crippen LogP contribution is 2.49. The number of aryl methyl sites for hydroxylation is 1. The van der Waals surface area contributed by atoms with Gasteiger partial charge in [-0.05, 0) is 75.8 Å². The van der Waals surface area contributed by atoms with E-state index in [2.05, 4.69) is 25.0 Å². The molecule has 0 amide bonds. The number of phenolic OH excluding ortho intramolecular Hbond substituents is 1. The summed E-state index contributed by atoms with van der Waals surface area (Å²) in [4.78, 5) is 12.2. The van der Waals surface area contributed by atoms with E-state index in [1.165, 1.54) is 12.7 Å². The molecule has 0 fully saturated rings. The van der Waals surface area contributed by atoms with Crippen molar-refractivity contribution in [2.45, 2.75) is 77.7 Å². The van der Waals surface area contributed by atoms with Gasteiger partial charge >= 0.3 is 13.5 Å². The van der Waals surface area contributed by atoms with Crippen molar-refractivity contribution in [1.82, 2.24) is 5.09 Å². The molecule has 6 nitrogen and oxygen atoms in total. The normalized spacial score (nSPS) is 18.3. The highest BCUT2D eigenvalue weighted by atomic mass is 31.2. The summed E-state index contributed by atoms with van der Waals surface area (Å²) in [5.74, 6) is -0.0209. The van der Waals surface area contributed by atoms with Crippen LogP contribution in [0.3, 0.4) is 0 Å². The van der Waals surface area contributed by atoms with Gasteiger partial charge in [-0.3, -0.25) is 9.36 Å². The van der Waals surface area contributed by atoms with Crippen LogP contribution >= 0.6 is 7.52 Å². The van der Waals surface area contributed by atoms with Gasteiger partial charge in [0.2, 0.25) is 0 Å². The van der Waals surface area contributed by atoms with Gasteiger partial charge in [-0.2, -0.15) is 0 Å². The fourth-order valence-electron chi connectivity index (χ4n) is 4.58. The average Bonchev–Trinajstić information content (AvgIpc) is 2.84. The lowest BCUT2D eigenvalue weighted by molar-refractivity contribution is -0.142. The number of carbonyl (C=O) groups excluding carboxylic acids is 1. The largest absolute Gasteiger partial charge is 0.507 e. The van der Waals surface area contributed by atoms with Gasteiger partial charge in [0, 0.05) is 11.5 Å². The van der Waals surface area contributed by atoms with Crippen LogP contribution in [0.1, 0.15) is 76.3 Å². The highest BCUT2D eigenvalue weighted by molar-refractivity contribution is 7.65. The number of esters is 1. The Morgan fingerprint density at radius 3 is 2.63 bits per heavy atom. The minimum atomic E-state index is -3.76. The zero-order valence-corrected chi connectivity index (χ0v) is 22.1. The number of methoxy groups -OCH3 is 1. The molecule has 35 heavy (non-hydrogen) atoms. The maximum atomic E-state index is 14.4. The third-order valence-corrected chi connectivity index (χ3v) is 8.59. The molecule has 7 heteroatoms. The van der Waals surface area contributed by atoms with Crippen LogP contribution in [-0.2, 0) is 20.5 Å². The van der Waals surface area contributed by atoms with Gasteiger partial charge in [-0.1, -0.05) is 49.6 Å². The van der Waals surface area contributed by atoms with E-state index in [-0.39, 0.29) is 11.7 Å². The van der Waals surface area contributed by atoms with Gasteiger partial charge in [0.15, 0.2) is 0 Å². The van der Waals surface area contributed by atoms with Crippen molar-refractivity contribution in [3.63, 3.8) is 0 Å². The van der Waals surface area contributed by atoms with Crippen molar-refractivity contribution >= 4 is 18.8 Å². The standard InChI is InChI=1S/C28H38NO5P/c1-5-6-8-13-22-18-25(30)27(23-14-11-12-20(2)17-23)26(19-22)34-35(32,24-15-9-7-10-16-24)29-21(3)28(31)33-4/h7,9-10,15-19,21,23,30H,5-6,8,11-14H2,1-4H3,(H,29,32)/t21-,23?,35?/m0/s1. The molecular weight excluding hydrogens is 461 g/mol. The molecule has 0 spiro atoms. The number of aromatic hydroxyl groups is 1. The molecule has 1 aliphatic rings. The molecule has 2 N–H and O–H groups in total. The Hall–Kier alpha value is -2.56. The van der Waals surface area contributed by atoms with Crippen LogP contribution in [0.15, 0.2) is 54.1 Å². The van der Waals surface area contributed by atoms with E-state index in [0.29, 0.717) is 16.6 Å². The van der Waals surface area contributed by atoms with Crippen LogP contribution in [-0.4, -0.2) is 24.2 Å². The number of phenols is 1. The lowest BCUT2D eigenvalue weighted by Gasteiger charge is -2.28. The molecule has 190 valence electrons. The summed E-state index contributed by atoms with van der Waals surface area (Å²) in [6.45, 7) is 5.84. The maximum Gasteiger partial charge on any atom is 0.347 e. The molecular formula is C28H38NO5P. The number of allylic oxidation sites excluding steroid dienone is 2. The summed E-state index contributed by atoms with van der Waals surface area (Å²) in [6.07, 6.45) is 9.05. The smallest absolute Gasteiger partial charge is 0.347 e. The van der Waals surface area contributed by atoms with E-state index in [1.807, 2.05) is 18.2 Å². The van der Waals surface area contributed by atoms with Crippen molar-refractivity contribution in [3.8, 4) is 11.5 Å². The lowest BCUT2D eigenvalue weighted by atomic mass is 9.84. The molecule has 2 aromatic carbocycles. The second-order valence-electron chi connectivity index (χ2n) is 9.35. The highest BCUT2D eigenvalue weighted by Gasteiger charge is 2.34. The van der Waals surface area contributed by atoms with Crippen molar-refractivity contribution in [2.24, 2.45) is 0 Å². The monoisotopic (exact) mass is 499 g/mol. The Morgan fingerprint density at radius 2 is 1.97 bits per heavy atom. The van der Waals surface area contributed by atoms with Gasteiger partial charge in [-0.15, -0.1) is 0 Å². The quantitative estimate of drug-likeness (QED) is 0.161. The summed E-state index contributed by atoms with van der Waals surface area (Å²) in [5, 5.41) is 14.5.